The van der Waals surface area contributed by atoms with Crippen LogP contribution in [0.3, 0.4) is 0 Å². The van der Waals surface area contributed by atoms with E-state index >= 15 is 0 Å². The van der Waals surface area contributed by atoms with Gasteiger partial charge in [-0.2, -0.15) is 5.26 Å². The van der Waals surface area contributed by atoms with Gasteiger partial charge in [-0.3, -0.25) is 0 Å². The molecule has 1 unspecified atom stereocenters. The van der Waals surface area contributed by atoms with Crippen LogP contribution in [0.5, 0.6) is 0 Å². The van der Waals surface area contributed by atoms with Crippen LogP contribution in [0, 0.1) is 11.3 Å². The molecule has 5 rings (SSSR count). The van der Waals surface area contributed by atoms with Crippen LogP contribution in [0.2, 0.25) is 0 Å². The minimum atomic E-state index is -1.08. The van der Waals surface area contributed by atoms with E-state index in [1.807, 2.05) is 91.0 Å². The van der Waals surface area contributed by atoms with Crippen LogP contribution in [-0.4, -0.2) is 31.1 Å². The van der Waals surface area contributed by atoms with E-state index < -0.39 is 12.0 Å². The van der Waals surface area contributed by atoms with Gasteiger partial charge in [0.2, 0.25) is 5.89 Å². The van der Waals surface area contributed by atoms with E-state index in [-0.39, 0.29) is 5.69 Å². The molecule has 0 bridgehead atoms. The van der Waals surface area contributed by atoms with Gasteiger partial charge in [0, 0.05) is 11.1 Å². The van der Waals surface area contributed by atoms with Crippen molar-refractivity contribution < 1.29 is 14.3 Å². The van der Waals surface area contributed by atoms with Crippen LogP contribution in [0.1, 0.15) is 29.8 Å². The number of fused-ring (bicyclic) bond motifs is 1. The van der Waals surface area contributed by atoms with Gasteiger partial charge in [-0.15, -0.1) is 5.10 Å². The fourth-order valence-electron chi connectivity index (χ4n) is 3.64. The summed E-state index contributed by atoms with van der Waals surface area (Å²) in [6.45, 7) is 1.45. The highest BCUT2D eigenvalue weighted by Crippen LogP contribution is 2.26. The van der Waals surface area contributed by atoms with Crippen molar-refractivity contribution in [2.24, 2.45) is 0 Å². The number of nitriles is 1. The Bertz CT molecular complexity index is 1560. The molecule has 2 aromatic heterocycles. The van der Waals surface area contributed by atoms with E-state index in [1.165, 1.54) is 6.92 Å². The molecular formula is C27H19N5O3. The van der Waals surface area contributed by atoms with E-state index in [1.54, 1.807) is 0 Å². The number of aliphatic carboxylic acids is 1. The van der Waals surface area contributed by atoms with E-state index in [4.69, 9.17) is 4.42 Å². The molecule has 0 aliphatic heterocycles. The third-order valence-corrected chi connectivity index (χ3v) is 5.63. The summed E-state index contributed by atoms with van der Waals surface area (Å²) in [6.07, 6.45) is 3.98. The van der Waals surface area contributed by atoms with E-state index in [0.717, 1.165) is 32.5 Å². The Morgan fingerprint density at radius 2 is 1.63 bits per heavy atom. The lowest BCUT2D eigenvalue weighted by molar-refractivity contribution is -0.140. The number of nitrogens with zero attached hydrogens (tertiary/aromatic N) is 5. The van der Waals surface area contributed by atoms with Crippen molar-refractivity contribution in [1.29, 1.82) is 5.26 Å². The zero-order valence-electron chi connectivity index (χ0n) is 18.7. The van der Waals surface area contributed by atoms with Crippen LogP contribution in [-0.2, 0) is 4.79 Å². The summed E-state index contributed by atoms with van der Waals surface area (Å²) < 4.78 is 6.95. The van der Waals surface area contributed by atoms with Crippen LogP contribution in [0.15, 0.2) is 77.2 Å². The van der Waals surface area contributed by atoms with Crippen LogP contribution in [0.25, 0.3) is 46.0 Å². The third kappa shape index (κ3) is 4.30. The number of carboxylic acids is 1. The molecule has 0 radical (unpaired) electrons. The van der Waals surface area contributed by atoms with Gasteiger partial charge < -0.3 is 9.52 Å². The Labute approximate surface area is 200 Å². The number of para-hydroxylation sites is 2. The Morgan fingerprint density at radius 3 is 2.23 bits per heavy atom. The highest BCUT2D eigenvalue weighted by atomic mass is 16.4. The second kappa shape index (κ2) is 9.08. The Balaban J connectivity index is 1.32. The molecular weight excluding hydrogens is 442 g/mol. The maximum Gasteiger partial charge on any atom is 0.328 e. The van der Waals surface area contributed by atoms with E-state index in [9.17, 15) is 15.2 Å². The Kier molecular flexibility index (Phi) is 5.65. The van der Waals surface area contributed by atoms with E-state index in [2.05, 4.69) is 15.3 Å². The van der Waals surface area contributed by atoms with Gasteiger partial charge in [-0.25, -0.2) is 14.5 Å². The molecule has 8 nitrogen and oxygen atoms in total. The van der Waals surface area contributed by atoms with Crippen molar-refractivity contribution in [1.82, 2.24) is 20.0 Å². The highest BCUT2D eigenvalue weighted by Gasteiger charge is 2.22. The molecule has 8 heteroatoms. The summed E-state index contributed by atoms with van der Waals surface area (Å²) in [5, 5.41) is 26.6. The summed E-state index contributed by atoms with van der Waals surface area (Å²) in [6, 6.07) is 24.1. The minimum absolute atomic E-state index is 0.113. The monoisotopic (exact) mass is 461 g/mol. The number of carbonyl (C=O) groups is 1. The first-order valence-corrected chi connectivity index (χ1v) is 10.9. The van der Waals surface area contributed by atoms with Crippen LogP contribution < -0.4 is 0 Å². The lowest BCUT2D eigenvalue weighted by Gasteiger charge is -2.06. The molecule has 0 fully saturated rings. The smallest absolute Gasteiger partial charge is 0.328 e. The predicted octanol–water partition coefficient (Wildman–Crippen LogP) is 5.44. The van der Waals surface area contributed by atoms with Crippen molar-refractivity contribution in [3.05, 3.63) is 89.6 Å². The minimum Gasteiger partial charge on any atom is -0.480 e. The zero-order valence-corrected chi connectivity index (χ0v) is 18.7. The van der Waals surface area contributed by atoms with Crippen molar-refractivity contribution in [3.8, 4) is 28.8 Å². The number of benzene rings is 3. The number of hydrogen-bond acceptors (Lipinski definition) is 6. The van der Waals surface area contributed by atoms with Crippen molar-refractivity contribution in [2.45, 2.75) is 13.0 Å². The molecule has 0 saturated heterocycles. The van der Waals surface area contributed by atoms with Crippen LogP contribution >= 0.6 is 0 Å². The second-order valence-electron chi connectivity index (χ2n) is 7.92. The molecule has 0 saturated carbocycles. The molecule has 1 N–H and O–H groups in total. The third-order valence-electron chi connectivity index (χ3n) is 5.63. The molecule has 2 heterocycles. The topological polar surface area (TPSA) is 118 Å². The second-order valence-corrected chi connectivity index (χ2v) is 7.92. The number of carboxylic acid groups (broad SMARTS) is 1. The van der Waals surface area contributed by atoms with Gasteiger partial charge in [0.15, 0.2) is 11.3 Å². The predicted molar refractivity (Wildman–Crippen MR) is 131 cm³/mol. The normalized spacial score (nSPS) is 12.1. The van der Waals surface area contributed by atoms with Gasteiger partial charge in [0.1, 0.15) is 23.3 Å². The SMILES string of the molecule is CC(C(=O)O)n1nnc(-c2ccc(C=Cc3ccc(-c4nc5ccccc5o4)cc3)cc2)c1C#N. The first-order chi connectivity index (χ1) is 17.0. The first-order valence-electron chi connectivity index (χ1n) is 10.9. The molecule has 0 aliphatic carbocycles. The van der Waals surface area contributed by atoms with Gasteiger partial charge in [-0.05, 0) is 42.3 Å². The number of hydrogen-bond donors (Lipinski definition) is 1. The fourth-order valence-corrected chi connectivity index (χ4v) is 3.64. The van der Waals surface area contributed by atoms with Gasteiger partial charge >= 0.3 is 5.97 Å². The van der Waals surface area contributed by atoms with Gasteiger partial charge in [0.25, 0.3) is 0 Å². The molecule has 1 atom stereocenters. The average Bonchev–Trinajstić information content (AvgIpc) is 3.52. The summed E-state index contributed by atoms with van der Waals surface area (Å²) in [4.78, 5) is 15.8. The molecule has 0 amide bonds. The summed E-state index contributed by atoms with van der Waals surface area (Å²) in [5.74, 6) is -0.496. The Morgan fingerprint density at radius 1 is 1.00 bits per heavy atom. The molecule has 5 aromatic rings. The highest BCUT2D eigenvalue weighted by molar-refractivity contribution is 5.77. The van der Waals surface area contributed by atoms with Crippen molar-refractivity contribution >= 4 is 29.2 Å². The van der Waals surface area contributed by atoms with E-state index in [0.29, 0.717) is 17.1 Å². The average molecular weight is 461 g/mol. The maximum atomic E-state index is 11.3. The van der Waals surface area contributed by atoms with Crippen molar-refractivity contribution in [3.63, 3.8) is 0 Å². The Hall–Kier alpha value is -5.03. The standard InChI is InChI=1S/C27H19N5O3/c1-17(27(33)34)32-23(16-28)25(30-31-32)20-12-8-18(9-13-20)6-7-19-10-14-21(15-11-19)26-29-22-4-2-3-5-24(22)35-26/h2-15,17H,1H3,(H,33,34). The summed E-state index contributed by atoms with van der Waals surface area (Å²) >= 11 is 0. The lowest BCUT2D eigenvalue weighted by atomic mass is 10.1. The molecule has 170 valence electrons. The quantitative estimate of drug-likeness (QED) is 0.334. The number of aromatic nitrogens is 4. The fraction of sp³-hybridized carbons (Fsp3) is 0.0741. The molecule has 0 aliphatic rings. The van der Waals surface area contributed by atoms with Gasteiger partial charge in [-0.1, -0.05) is 65.9 Å². The largest absolute Gasteiger partial charge is 0.480 e. The summed E-state index contributed by atoms with van der Waals surface area (Å²) in [7, 11) is 0. The lowest BCUT2D eigenvalue weighted by Crippen LogP contribution is -2.18. The number of oxazole rings is 1. The zero-order chi connectivity index (χ0) is 24.4. The van der Waals surface area contributed by atoms with Crippen molar-refractivity contribution in [2.75, 3.05) is 0 Å². The maximum absolute atomic E-state index is 11.3. The van der Waals surface area contributed by atoms with Gasteiger partial charge in [0.05, 0.1) is 0 Å². The summed E-state index contributed by atoms with van der Waals surface area (Å²) in [5.41, 5.74) is 5.62. The molecule has 35 heavy (non-hydrogen) atoms. The van der Waals surface area contributed by atoms with Crippen LogP contribution in [0.4, 0.5) is 0 Å². The molecule has 3 aromatic carbocycles. The molecule has 0 spiro atoms. The number of rotatable bonds is 6. The first kappa shape index (κ1) is 21.8.